The number of rotatable bonds is 6. The predicted octanol–water partition coefficient (Wildman–Crippen LogP) is 4.62. The van der Waals surface area contributed by atoms with Crippen LogP contribution < -0.4 is 5.32 Å². The third kappa shape index (κ3) is 3.84. The van der Waals surface area contributed by atoms with Gasteiger partial charge in [0.05, 0.1) is 22.6 Å². The first-order valence-corrected chi connectivity index (χ1v) is 10.4. The van der Waals surface area contributed by atoms with Gasteiger partial charge < -0.3 is 10.2 Å². The van der Waals surface area contributed by atoms with E-state index in [1.165, 1.54) is 11.5 Å². The van der Waals surface area contributed by atoms with Gasteiger partial charge in [0.15, 0.2) is 0 Å². The molecule has 6 nitrogen and oxygen atoms in total. The number of amides is 1. The van der Waals surface area contributed by atoms with Crippen LogP contribution in [-0.4, -0.2) is 39.1 Å². The largest absolute Gasteiger partial charge is 0.378 e. The van der Waals surface area contributed by atoms with E-state index in [1.54, 1.807) is 11.9 Å². The molecule has 7 heteroatoms. The normalized spacial score (nSPS) is 10.8. The van der Waals surface area contributed by atoms with Gasteiger partial charge in [0, 0.05) is 38.0 Å². The molecule has 0 fully saturated rings. The molecule has 4 rings (SSSR count). The lowest BCUT2D eigenvalue weighted by Crippen LogP contribution is -2.27. The summed E-state index contributed by atoms with van der Waals surface area (Å²) in [5, 5.41) is 8.69. The van der Waals surface area contributed by atoms with Crippen molar-refractivity contribution in [2.24, 2.45) is 0 Å². The summed E-state index contributed by atoms with van der Waals surface area (Å²) in [7, 11) is 3.62. The number of hydrogen-bond donors (Lipinski definition) is 1. The molecular formula is C23H23N5OS. The standard InChI is InChI=1S/C23H23N5OS/c1-16-20(22(24-2)30-26-16)23(29)27(3)14-18-15-28(19-12-8-5-9-13-19)25-21(18)17-10-6-4-7-11-17/h4-13,15,24H,14H2,1-3H3. The second-order valence-corrected chi connectivity index (χ2v) is 7.81. The fraction of sp³-hybridized carbons (Fsp3) is 0.174. The SMILES string of the molecule is CNc1snc(C)c1C(=O)N(C)Cc1cn(-c2ccccc2)nc1-c1ccccc1. The van der Waals surface area contributed by atoms with Crippen LogP contribution >= 0.6 is 11.5 Å². The van der Waals surface area contributed by atoms with Crippen LogP contribution in [0, 0.1) is 6.92 Å². The van der Waals surface area contributed by atoms with Crippen LogP contribution in [0.4, 0.5) is 5.00 Å². The Morgan fingerprint density at radius 2 is 1.77 bits per heavy atom. The van der Waals surface area contributed by atoms with Crippen molar-refractivity contribution in [3.05, 3.63) is 83.7 Å². The summed E-state index contributed by atoms with van der Waals surface area (Å²) < 4.78 is 6.19. The fourth-order valence-corrected chi connectivity index (χ4v) is 4.12. The van der Waals surface area contributed by atoms with Crippen molar-refractivity contribution >= 4 is 22.4 Å². The molecule has 0 bridgehead atoms. The fourth-order valence-electron chi connectivity index (χ4n) is 3.39. The average Bonchev–Trinajstić information content (AvgIpc) is 3.37. The lowest BCUT2D eigenvalue weighted by atomic mass is 10.1. The van der Waals surface area contributed by atoms with E-state index in [1.807, 2.05) is 85.5 Å². The van der Waals surface area contributed by atoms with Gasteiger partial charge in [-0.25, -0.2) is 4.68 Å². The molecule has 1 N–H and O–H groups in total. The summed E-state index contributed by atoms with van der Waals surface area (Å²) in [5.74, 6) is -0.0583. The summed E-state index contributed by atoms with van der Waals surface area (Å²) >= 11 is 1.30. The van der Waals surface area contributed by atoms with Crippen molar-refractivity contribution in [3.8, 4) is 16.9 Å². The zero-order valence-corrected chi connectivity index (χ0v) is 18.0. The van der Waals surface area contributed by atoms with Gasteiger partial charge >= 0.3 is 0 Å². The highest BCUT2D eigenvalue weighted by Crippen LogP contribution is 2.28. The highest BCUT2D eigenvalue weighted by molar-refractivity contribution is 7.10. The Kier molecular flexibility index (Phi) is 5.63. The Morgan fingerprint density at radius 3 is 2.43 bits per heavy atom. The molecule has 30 heavy (non-hydrogen) atoms. The van der Waals surface area contributed by atoms with E-state index in [-0.39, 0.29) is 5.91 Å². The molecule has 0 saturated heterocycles. The van der Waals surface area contributed by atoms with Crippen LogP contribution in [0.5, 0.6) is 0 Å². The Balaban J connectivity index is 1.70. The van der Waals surface area contributed by atoms with E-state index in [0.29, 0.717) is 12.1 Å². The maximum absolute atomic E-state index is 13.2. The molecule has 0 aliphatic heterocycles. The van der Waals surface area contributed by atoms with Crippen molar-refractivity contribution in [3.63, 3.8) is 0 Å². The molecule has 0 aliphatic rings. The molecule has 0 radical (unpaired) electrons. The third-order valence-electron chi connectivity index (χ3n) is 4.92. The summed E-state index contributed by atoms with van der Waals surface area (Å²) in [5.41, 5.74) is 5.21. The number of aromatic nitrogens is 3. The minimum atomic E-state index is -0.0583. The first kappa shape index (κ1) is 19.8. The number of hydrogen-bond acceptors (Lipinski definition) is 5. The van der Waals surface area contributed by atoms with Crippen LogP contribution in [-0.2, 0) is 6.54 Å². The maximum Gasteiger partial charge on any atom is 0.258 e. The molecule has 152 valence electrons. The minimum Gasteiger partial charge on any atom is -0.378 e. The summed E-state index contributed by atoms with van der Waals surface area (Å²) in [4.78, 5) is 14.9. The number of nitrogens with one attached hydrogen (secondary N) is 1. The molecule has 0 saturated carbocycles. The van der Waals surface area contributed by atoms with E-state index in [2.05, 4.69) is 9.69 Å². The highest BCUT2D eigenvalue weighted by Gasteiger charge is 2.23. The first-order valence-electron chi connectivity index (χ1n) is 9.67. The number of nitrogens with zero attached hydrogens (tertiary/aromatic N) is 4. The number of benzene rings is 2. The number of carbonyl (C=O) groups excluding carboxylic acids is 1. The van der Waals surface area contributed by atoms with Crippen LogP contribution in [0.3, 0.4) is 0 Å². The third-order valence-corrected chi connectivity index (χ3v) is 5.87. The minimum absolute atomic E-state index is 0.0583. The van der Waals surface area contributed by atoms with E-state index < -0.39 is 0 Å². The molecule has 0 atom stereocenters. The van der Waals surface area contributed by atoms with Crippen LogP contribution in [0.25, 0.3) is 16.9 Å². The number of anilines is 1. The lowest BCUT2D eigenvalue weighted by Gasteiger charge is -2.17. The highest BCUT2D eigenvalue weighted by atomic mass is 32.1. The predicted molar refractivity (Wildman–Crippen MR) is 121 cm³/mol. The molecular weight excluding hydrogens is 394 g/mol. The van der Waals surface area contributed by atoms with Gasteiger partial charge in [-0.3, -0.25) is 4.79 Å². The van der Waals surface area contributed by atoms with Crippen molar-refractivity contribution in [1.82, 2.24) is 19.1 Å². The van der Waals surface area contributed by atoms with Crippen molar-refractivity contribution in [1.29, 1.82) is 0 Å². The van der Waals surface area contributed by atoms with E-state index >= 15 is 0 Å². The quantitative estimate of drug-likeness (QED) is 0.497. The molecule has 1 amide bonds. The smallest absolute Gasteiger partial charge is 0.258 e. The van der Waals surface area contributed by atoms with Crippen molar-refractivity contribution in [2.45, 2.75) is 13.5 Å². The van der Waals surface area contributed by atoms with Crippen LogP contribution in [0.15, 0.2) is 66.9 Å². The van der Waals surface area contributed by atoms with E-state index in [4.69, 9.17) is 5.10 Å². The second-order valence-electron chi connectivity index (χ2n) is 7.03. The van der Waals surface area contributed by atoms with Gasteiger partial charge in [0.25, 0.3) is 5.91 Å². The Labute approximate surface area is 180 Å². The summed E-state index contributed by atoms with van der Waals surface area (Å²) in [6.45, 7) is 2.30. The van der Waals surface area contributed by atoms with Crippen LogP contribution in [0.2, 0.25) is 0 Å². The van der Waals surface area contributed by atoms with E-state index in [0.717, 1.165) is 33.2 Å². The molecule has 0 aliphatic carbocycles. The molecule has 0 spiro atoms. The zero-order chi connectivity index (χ0) is 21.1. The van der Waals surface area contributed by atoms with Crippen LogP contribution in [0.1, 0.15) is 21.6 Å². The van der Waals surface area contributed by atoms with Gasteiger partial charge in [0.2, 0.25) is 0 Å². The maximum atomic E-state index is 13.2. The van der Waals surface area contributed by atoms with Gasteiger partial charge in [-0.15, -0.1) is 0 Å². The Bertz CT molecular complexity index is 1150. The van der Waals surface area contributed by atoms with Crippen molar-refractivity contribution in [2.75, 3.05) is 19.4 Å². The number of aryl methyl sites for hydroxylation is 1. The Hall–Kier alpha value is -3.45. The second kappa shape index (κ2) is 8.51. The molecule has 0 unspecified atom stereocenters. The first-order chi connectivity index (χ1) is 14.6. The lowest BCUT2D eigenvalue weighted by molar-refractivity contribution is 0.0785. The van der Waals surface area contributed by atoms with Gasteiger partial charge in [-0.05, 0) is 30.6 Å². The molecule has 2 aromatic heterocycles. The Morgan fingerprint density at radius 1 is 1.10 bits per heavy atom. The number of carbonyl (C=O) groups is 1. The monoisotopic (exact) mass is 417 g/mol. The van der Waals surface area contributed by atoms with E-state index in [9.17, 15) is 4.79 Å². The molecule has 4 aromatic rings. The summed E-state index contributed by atoms with van der Waals surface area (Å²) in [6, 6.07) is 20.0. The van der Waals surface area contributed by atoms with Gasteiger partial charge in [0.1, 0.15) is 5.00 Å². The molecule has 2 heterocycles. The summed E-state index contributed by atoms with van der Waals surface area (Å²) in [6.07, 6.45) is 2.00. The van der Waals surface area contributed by atoms with Crippen molar-refractivity contribution < 1.29 is 4.79 Å². The van der Waals surface area contributed by atoms with Gasteiger partial charge in [-0.2, -0.15) is 9.47 Å². The number of para-hydroxylation sites is 1. The molecule has 2 aromatic carbocycles. The average molecular weight is 418 g/mol. The topological polar surface area (TPSA) is 63.1 Å². The van der Waals surface area contributed by atoms with Gasteiger partial charge in [-0.1, -0.05) is 48.5 Å². The zero-order valence-electron chi connectivity index (χ0n) is 17.2.